The Kier molecular flexibility index (Phi) is 10.2. The van der Waals surface area contributed by atoms with Crippen LogP contribution in [0.5, 0.6) is 11.5 Å². The van der Waals surface area contributed by atoms with Gasteiger partial charge in [-0.2, -0.15) is 0 Å². The van der Waals surface area contributed by atoms with Gasteiger partial charge in [0.1, 0.15) is 29.7 Å². The summed E-state index contributed by atoms with van der Waals surface area (Å²) in [6.07, 6.45) is 5.51. The predicted molar refractivity (Wildman–Crippen MR) is 163 cm³/mol. The Morgan fingerprint density at radius 3 is 2.57 bits per heavy atom. The van der Waals surface area contributed by atoms with Crippen LogP contribution in [0.3, 0.4) is 0 Å². The van der Waals surface area contributed by atoms with E-state index in [9.17, 15) is 4.79 Å². The van der Waals surface area contributed by atoms with E-state index in [1.54, 1.807) is 12.3 Å². The highest BCUT2D eigenvalue weighted by Gasteiger charge is 2.21. The predicted octanol–water partition coefficient (Wildman–Crippen LogP) is 4.79. The largest absolute Gasteiger partial charge is 0.492 e. The van der Waals surface area contributed by atoms with E-state index in [4.69, 9.17) is 19.2 Å². The maximum atomic E-state index is 13.4. The van der Waals surface area contributed by atoms with E-state index in [1.807, 2.05) is 56.3 Å². The van der Waals surface area contributed by atoms with Gasteiger partial charge in [0.2, 0.25) is 0 Å². The Balaban J connectivity index is 1.30. The molecule has 1 amide bonds. The molecule has 0 aliphatic carbocycles. The van der Waals surface area contributed by atoms with E-state index < -0.39 is 6.09 Å². The van der Waals surface area contributed by atoms with Crippen molar-refractivity contribution in [3.05, 3.63) is 88.9 Å². The summed E-state index contributed by atoms with van der Waals surface area (Å²) in [7, 11) is 0. The van der Waals surface area contributed by atoms with Crippen molar-refractivity contribution in [1.29, 1.82) is 0 Å². The lowest BCUT2D eigenvalue weighted by atomic mass is 10.1. The van der Waals surface area contributed by atoms with Gasteiger partial charge >= 0.3 is 6.09 Å². The van der Waals surface area contributed by atoms with Gasteiger partial charge in [-0.1, -0.05) is 43.3 Å². The van der Waals surface area contributed by atoms with Crippen LogP contribution in [-0.4, -0.2) is 84.9 Å². The quantitative estimate of drug-likeness (QED) is 0.391. The fourth-order valence-electron chi connectivity index (χ4n) is 5.27. The number of benzene rings is 2. The van der Waals surface area contributed by atoms with Gasteiger partial charge in [-0.3, -0.25) is 9.80 Å². The zero-order chi connectivity index (χ0) is 29.3. The van der Waals surface area contributed by atoms with Crippen LogP contribution in [-0.2, 0) is 17.8 Å². The van der Waals surface area contributed by atoms with Crippen molar-refractivity contribution in [3.8, 4) is 11.5 Å². The first-order chi connectivity index (χ1) is 20.5. The number of piperazine rings is 1. The summed E-state index contributed by atoms with van der Waals surface area (Å²) in [5, 5.41) is 0. The lowest BCUT2D eigenvalue weighted by Crippen LogP contribution is -2.47. The van der Waals surface area contributed by atoms with Gasteiger partial charge in [-0.15, -0.1) is 0 Å². The zero-order valence-electron chi connectivity index (χ0n) is 24.9. The minimum absolute atomic E-state index is 0.287. The second kappa shape index (κ2) is 14.4. The molecule has 222 valence electrons. The third kappa shape index (κ3) is 7.73. The third-order valence-electron chi connectivity index (χ3n) is 7.78. The molecule has 2 aliphatic rings. The molecule has 3 heterocycles. The van der Waals surface area contributed by atoms with E-state index in [0.29, 0.717) is 43.6 Å². The highest BCUT2D eigenvalue weighted by Crippen LogP contribution is 2.26. The van der Waals surface area contributed by atoms with Crippen molar-refractivity contribution in [3.63, 3.8) is 0 Å². The van der Waals surface area contributed by atoms with Crippen molar-refractivity contribution < 1.29 is 19.0 Å². The molecule has 0 radical (unpaired) electrons. The summed E-state index contributed by atoms with van der Waals surface area (Å²) >= 11 is 0. The molecule has 3 aromatic rings. The van der Waals surface area contributed by atoms with E-state index in [-0.39, 0.29) is 6.54 Å². The molecular weight excluding hydrogens is 530 g/mol. The molecule has 5 rings (SSSR count). The van der Waals surface area contributed by atoms with E-state index in [0.717, 1.165) is 67.3 Å². The molecule has 0 atom stereocenters. The summed E-state index contributed by atoms with van der Waals surface area (Å²) in [4.78, 5) is 29.1. The minimum atomic E-state index is -0.495. The number of aryl methyl sites for hydroxylation is 2. The van der Waals surface area contributed by atoms with Crippen molar-refractivity contribution in [2.75, 3.05) is 63.9 Å². The number of hydrogen-bond acceptors (Lipinski definition) is 8. The summed E-state index contributed by atoms with van der Waals surface area (Å²) < 4.78 is 18.1. The first-order valence-corrected chi connectivity index (χ1v) is 14.8. The lowest BCUT2D eigenvalue weighted by molar-refractivity contribution is 0.118. The number of hydrogen-bond donors (Lipinski definition) is 0. The highest BCUT2D eigenvalue weighted by atomic mass is 16.6. The third-order valence-corrected chi connectivity index (χ3v) is 7.78. The maximum absolute atomic E-state index is 13.4. The number of ether oxygens (including phenoxy) is 3. The van der Waals surface area contributed by atoms with Gasteiger partial charge in [0.05, 0.1) is 13.2 Å². The number of rotatable bonds is 6. The molecule has 2 aromatic carbocycles. The molecule has 1 fully saturated rings. The molecular formula is C33H41N5O4. The van der Waals surface area contributed by atoms with Crippen molar-refractivity contribution in [2.45, 2.75) is 33.8 Å². The Morgan fingerprint density at radius 1 is 1.00 bits per heavy atom. The van der Waals surface area contributed by atoms with Gasteiger partial charge in [0.25, 0.3) is 0 Å². The van der Waals surface area contributed by atoms with Crippen LogP contribution < -0.4 is 14.4 Å². The molecule has 1 aromatic heterocycles. The zero-order valence-corrected chi connectivity index (χ0v) is 24.9. The molecule has 4 bridgehead atoms. The summed E-state index contributed by atoms with van der Waals surface area (Å²) in [6.45, 7) is 14.2. The average molecular weight is 572 g/mol. The van der Waals surface area contributed by atoms with E-state index in [1.165, 1.54) is 4.90 Å². The number of anilines is 1. The number of fused-ring (bicyclic) bond motifs is 4. The molecule has 9 heteroatoms. The van der Waals surface area contributed by atoms with Crippen molar-refractivity contribution >= 4 is 11.9 Å². The van der Waals surface area contributed by atoms with Gasteiger partial charge in [-0.25, -0.2) is 14.8 Å². The smallest absolute Gasteiger partial charge is 0.421 e. The summed E-state index contributed by atoms with van der Waals surface area (Å²) in [6, 6.07) is 13.7. The van der Waals surface area contributed by atoms with Crippen molar-refractivity contribution in [1.82, 2.24) is 19.8 Å². The molecule has 0 spiro atoms. The number of amides is 1. The fraction of sp³-hybridized carbons (Fsp3) is 0.424. The van der Waals surface area contributed by atoms with Crippen LogP contribution >= 0.6 is 0 Å². The summed E-state index contributed by atoms with van der Waals surface area (Å²) in [5.41, 5.74) is 3.85. The van der Waals surface area contributed by atoms with Crippen LogP contribution in [0.15, 0.2) is 60.8 Å². The molecule has 9 nitrogen and oxygen atoms in total. The monoisotopic (exact) mass is 571 g/mol. The minimum Gasteiger partial charge on any atom is -0.492 e. The first kappa shape index (κ1) is 29.7. The second-order valence-electron chi connectivity index (χ2n) is 10.8. The van der Waals surface area contributed by atoms with Gasteiger partial charge in [-0.05, 0) is 55.3 Å². The fourth-order valence-corrected chi connectivity index (χ4v) is 5.27. The Morgan fingerprint density at radius 2 is 1.79 bits per heavy atom. The van der Waals surface area contributed by atoms with Crippen LogP contribution in [0.1, 0.15) is 35.0 Å². The topological polar surface area (TPSA) is 80.3 Å². The molecule has 0 saturated carbocycles. The number of likely N-dealkylation sites (N-methyl/N-ethyl adjacent to an activating group) is 1. The molecule has 1 saturated heterocycles. The van der Waals surface area contributed by atoms with E-state index in [2.05, 4.69) is 27.8 Å². The number of aromatic nitrogens is 2. The molecule has 42 heavy (non-hydrogen) atoms. The number of para-hydroxylation sites is 1. The van der Waals surface area contributed by atoms with Crippen LogP contribution in [0, 0.1) is 13.8 Å². The van der Waals surface area contributed by atoms with Gasteiger partial charge in [0.15, 0.2) is 0 Å². The Bertz CT molecular complexity index is 1370. The Hall–Kier alpha value is -3.79. The number of carbonyl (C=O) groups is 1. The van der Waals surface area contributed by atoms with Crippen LogP contribution in [0.4, 0.5) is 10.6 Å². The molecule has 0 unspecified atom stereocenters. The van der Waals surface area contributed by atoms with Crippen molar-refractivity contribution in [2.24, 2.45) is 0 Å². The molecule has 0 N–H and O–H groups in total. The van der Waals surface area contributed by atoms with Crippen LogP contribution in [0.2, 0.25) is 0 Å². The summed E-state index contributed by atoms with van der Waals surface area (Å²) in [5.74, 6) is 2.51. The standard InChI is InChI=1S/C33H41N5O4/c1-4-36-15-17-37(18-16-36)19-21-41-29-11-10-27-22-28(29)24-40-20-6-5-14-38(31-12-13-34-30(23-27)35-31)33(39)42-32-25(2)8-7-9-26(32)3/h5-13,22H,4,14-21,23-24H2,1-3H3/b6-5+. The SMILES string of the molecule is CCN1CCN(CCOc2ccc3cc2COC/C=C/CN(C(=O)Oc2c(C)cccc2C)c2ccnc(n2)C3)CC1. The average Bonchev–Trinajstić information content (AvgIpc) is 2.99. The maximum Gasteiger partial charge on any atom is 0.421 e. The molecule has 2 aliphatic heterocycles. The van der Waals surface area contributed by atoms with E-state index >= 15 is 0 Å². The normalized spacial score (nSPS) is 17.4. The lowest BCUT2D eigenvalue weighted by Gasteiger charge is -2.33. The first-order valence-electron chi connectivity index (χ1n) is 14.8. The number of nitrogens with zero attached hydrogens (tertiary/aromatic N) is 5. The highest BCUT2D eigenvalue weighted by molar-refractivity contribution is 5.88. The van der Waals surface area contributed by atoms with Gasteiger partial charge in [0, 0.05) is 57.4 Å². The van der Waals surface area contributed by atoms with Crippen LogP contribution in [0.25, 0.3) is 0 Å². The second-order valence-corrected chi connectivity index (χ2v) is 10.8. The van der Waals surface area contributed by atoms with Gasteiger partial charge < -0.3 is 19.1 Å². The Labute approximate surface area is 248 Å². The number of carbonyl (C=O) groups excluding carboxylic acids is 1.